The highest BCUT2D eigenvalue weighted by molar-refractivity contribution is 14.1. The van der Waals surface area contributed by atoms with Gasteiger partial charge >= 0.3 is 0 Å². The van der Waals surface area contributed by atoms with E-state index >= 15 is 0 Å². The number of rotatable bonds is 5. The van der Waals surface area contributed by atoms with Gasteiger partial charge in [-0.05, 0) is 65.1 Å². The summed E-state index contributed by atoms with van der Waals surface area (Å²) in [5.74, 6) is -0.619. The van der Waals surface area contributed by atoms with Crippen molar-refractivity contribution in [2.45, 2.75) is 16.9 Å². The molecule has 154 valence electrons. The standard InChI is InChI=1S/C18H16Cl3IN4O2S/c1-10(27)23-11-5-4-6-12(9-11)24-17(29)26-16(18(19,20)21)25-15(28)13-7-2-3-8-14(13)22/h2-9,16H,1H3,(H,23,27)(H,25,28)(H2,24,26,29). The molecule has 6 nitrogen and oxygen atoms in total. The first-order valence-electron chi connectivity index (χ1n) is 8.13. The van der Waals surface area contributed by atoms with Crippen LogP contribution in [-0.2, 0) is 4.79 Å². The summed E-state index contributed by atoms with van der Waals surface area (Å²) in [5.41, 5.74) is 1.63. The van der Waals surface area contributed by atoms with Crippen LogP contribution >= 0.6 is 69.6 Å². The molecule has 4 N–H and O–H groups in total. The summed E-state index contributed by atoms with van der Waals surface area (Å²) in [6.07, 6.45) is -1.10. The van der Waals surface area contributed by atoms with Crippen molar-refractivity contribution in [2.75, 3.05) is 10.6 Å². The first-order chi connectivity index (χ1) is 13.6. The van der Waals surface area contributed by atoms with Gasteiger partial charge in [0.15, 0.2) is 5.11 Å². The van der Waals surface area contributed by atoms with Gasteiger partial charge in [0.1, 0.15) is 6.17 Å². The molecule has 0 fully saturated rings. The second-order valence-corrected chi connectivity index (χ2v) is 9.73. The lowest BCUT2D eigenvalue weighted by Crippen LogP contribution is -2.56. The smallest absolute Gasteiger partial charge is 0.254 e. The van der Waals surface area contributed by atoms with Crippen molar-refractivity contribution in [2.24, 2.45) is 0 Å². The van der Waals surface area contributed by atoms with Crippen LogP contribution in [0.15, 0.2) is 48.5 Å². The highest BCUT2D eigenvalue weighted by Crippen LogP contribution is 2.29. The molecule has 0 spiro atoms. The van der Waals surface area contributed by atoms with Crippen LogP contribution in [-0.4, -0.2) is 26.9 Å². The summed E-state index contributed by atoms with van der Waals surface area (Å²) >= 11 is 25.4. The van der Waals surface area contributed by atoms with Gasteiger partial charge in [-0.25, -0.2) is 0 Å². The van der Waals surface area contributed by atoms with Crippen molar-refractivity contribution in [1.82, 2.24) is 10.6 Å². The molecule has 1 atom stereocenters. The number of carbonyl (C=O) groups is 2. The zero-order valence-electron chi connectivity index (χ0n) is 14.9. The number of hydrogen-bond donors (Lipinski definition) is 4. The highest BCUT2D eigenvalue weighted by atomic mass is 127. The van der Waals surface area contributed by atoms with Gasteiger partial charge in [-0.1, -0.05) is 53.0 Å². The molecule has 0 aromatic heterocycles. The van der Waals surface area contributed by atoms with E-state index < -0.39 is 15.9 Å². The maximum absolute atomic E-state index is 12.6. The van der Waals surface area contributed by atoms with E-state index in [1.807, 2.05) is 28.7 Å². The van der Waals surface area contributed by atoms with Gasteiger partial charge in [-0.2, -0.15) is 0 Å². The van der Waals surface area contributed by atoms with Crippen LogP contribution in [0.5, 0.6) is 0 Å². The van der Waals surface area contributed by atoms with E-state index in [9.17, 15) is 9.59 Å². The summed E-state index contributed by atoms with van der Waals surface area (Å²) in [4.78, 5) is 23.8. The Bertz CT molecular complexity index is 924. The van der Waals surface area contributed by atoms with Crippen LogP contribution in [0.4, 0.5) is 11.4 Å². The predicted octanol–water partition coefficient (Wildman–Crippen LogP) is 4.66. The number of carbonyl (C=O) groups excluding carboxylic acids is 2. The maximum Gasteiger partial charge on any atom is 0.254 e. The van der Waals surface area contributed by atoms with E-state index in [4.69, 9.17) is 47.0 Å². The van der Waals surface area contributed by atoms with E-state index in [1.165, 1.54) is 6.92 Å². The summed E-state index contributed by atoms with van der Waals surface area (Å²) in [6, 6.07) is 13.9. The topological polar surface area (TPSA) is 82.3 Å². The van der Waals surface area contributed by atoms with Crippen LogP contribution in [0.2, 0.25) is 0 Å². The highest BCUT2D eigenvalue weighted by Gasteiger charge is 2.35. The molecule has 0 bridgehead atoms. The molecule has 2 aromatic rings. The molecular formula is C18H16Cl3IN4O2S. The Kier molecular flexibility index (Phi) is 8.77. The van der Waals surface area contributed by atoms with Crippen LogP contribution in [0.25, 0.3) is 0 Å². The minimum Gasteiger partial charge on any atom is -0.339 e. The lowest BCUT2D eigenvalue weighted by atomic mass is 10.2. The summed E-state index contributed by atoms with van der Waals surface area (Å²) in [7, 11) is 0. The molecule has 0 saturated carbocycles. The molecular weight excluding hydrogens is 570 g/mol. The van der Waals surface area contributed by atoms with E-state index in [2.05, 4.69) is 21.3 Å². The lowest BCUT2D eigenvalue weighted by molar-refractivity contribution is -0.114. The normalized spacial score (nSPS) is 11.9. The SMILES string of the molecule is CC(=O)Nc1cccc(NC(=S)NC(NC(=O)c2ccccc2I)C(Cl)(Cl)Cl)c1. The Balaban J connectivity index is 2.08. The lowest BCUT2D eigenvalue weighted by Gasteiger charge is -2.28. The zero-order valence-corrected chi connectivity index (χ0v) is 20.2. The predicted molar refractivity (Wildman–Crippen MR) is 131 cm³/mol. The Hall–Kier alpha value is -1.33. The van der Waals surface area contributed by atoms with Crippen molar-refractivity contribution >= 4 is 97.9 Å². The number of hydrogen-bond acceptors (Lipinski definition) is 3. The number of alkyl halides is 3. The Labute approximate surface area is 202 Å². The van der Waals surface area contributed by atoms with Crippen LogP contribution in [0, 0.1) is 3.57 Å². The van der Waals surface area contributed by atoms with Crippen molar-refractivity contribution in [3.05, 3.63) is 57.7 Å². The Morgan fingerprint density at radius 2 is 1.62 bits per heavy atom. The third kappa shape index (κ3) is 7.78. The van der Waals surface area contributed by atoms with Gasteiger partial charge < -0.3 is 21.3 Å². The third-order valence-corrected chi connectivity index (χ3v) is 5.25. The Morgan fingerprint density at radius 3 is 2.21 bits per heavy atom. The fourth-order valence-corrected chi connectivity index (χ4v) is 3.43. The van der Waals surface area contributed by atoms with Gasteiger partial charge in [0, 0.05) is 21.9 Å². The van der Waals surface area contributed by atoms with Gasteiger partial charge in [0.25, 0.3) is 5.91 Å². The second-order valence-electron chi connectivity index (χ2n) is 5.79. The second kappa shape index (κ2) is 10.6. The van der Waals surface area contributed by atoms with E-state index in [0.717, 1.165) is 3.57 Å². The first-order valence-corrected chi connectivity index (χ1v) is 10.8. The minimum absolute atomic E-state index is 0.115. The molecule has 29 heavy (non-hydrogen) atoms. The largest absolute Gasteiger partial charge is 0.339 e. The molecule has 0 saturated heterocycles. The average molecular weight is 586 g/mol. The number of anilines is 2. The maximum atomic E-state index is 12.6. The van der Waals surface area contributed by atoms with Gasteiger partial charge in [-0.3, -0.25) is 9.59 Å². The van der Waals surface area contributed by atoms with E-state index in [0.29, 0.717) is 16.9 Å². The fourth-order valence-electron chi connectivity index (χ4n) is 2.23. The third-order valence-electron chi connectivity index (χ3n) is 3.44. The molecule has 0 heterocycles. The average Bonchev–Trinajstić information content (AvgIpc) is 2.60. The van der Waals surface area contributed by atoms with Crippen LogP contribution in [0.3, 0.4) is 0 Å². The zero-order chi connectivity index (χ0) is 21.6. The molecule has 11 heteroatoms. The summed E-state index contributed by atoms with van der Waals surface area (Å²) in [5, 5.41) is 11.1. The molecule has 0 radical (unpaired) electrons. The van der Waals surface area contributed by atoms with Crippen molar-refractivity contribution < 1.29 is 9.59 Å². The monoisotopic (exact) mass is 584 g/mol. The molecule has 0 aliphatic rings. The molecule has 2 amide bonds. The van der Waals surface area contributed by atoms with Crippen molar-refractivity contribution in [3.63, 3.8) is 0 Å². The van der Waals surface area contributed by atoms with Crippen LogP contribution < -0.4 is 21.3 Å². The number of amides is 2. The Morgan fingerprint density at radius 1 is 1.00 bits per heavy atom. The van der Waals surface area contributed by atoms with Gasteiger partial charge in [-0.15, -0.1) is 0 Å². The van der Waals surface area contributed by atoms with Gasteiger partial charge in [0.2, 0.25) is 9.70 Å². The minimum atomic E-state index is -1.88. The van der Waals surface area contributed by atoms with Gasteiger partial charge in [0.05, 0.1) is 5.56 Å². The first kappa shape index (κ1) is 23.9. The van der Waals surface area contributed by atoms with Crippen LogP contribution in [0.1, 0.15) is 17.3 Å². The summed E-state index contributed by atoms with van der Waals surface area (Å²) in [6.45, 7) is 1.41. The van der Waals surface area contributed by atoms with Crippen molar-refractivity contribution in [1.29, 1.82) is 0 Å². The van der Waals surface area contributed by atoms with Crippen molar-refractivity contribution in [3.8, 4) is 0 Å². The molecule has 1 unspecified atom stereocenters. The fraction of sp³-hybridized carbons (Fsp3) is 0.167. The number of thiocarbonyl (C=S) groups is 1. The summed E-state index contributed by atoms with van der Waals surface area (Å²) < 4.78 is -1.12. The quantitative estimate of drug-likeness (QED) is 0.178. The molecule has 0 aliphatic carbocycles. The van der Waals surface area contributed by atoms with E-state index in [-0.39, 0.29) is 11.0 Å². The van der Waals surface area contributed by atoms with E-state index in [1.54, 1.807) is 42.5 Å². The molecule has 2 rings (SSSR count). The number of nitrogens with one attached hydrogen (secondary N) is 4. The number of halogens is 4. The molecule has 2 aromatic carbocycles. The molecule has 0 aliphatic heterocycles. The number of benzene rings is 2.